The van der Waals surface area contributed by atoms with Crippen molar-refractivity contribution >= 4 is 9.84 Å². The summed E-state index contributed by atoms with van der Waals surface area (Å²) in [6.07, 6.45) is 2.51. The van der Waals surface area contributed by atoms with Crippen molar-refractivity contribution < 1.29 is 13.2 Å². The average molecular weight is 297 g/mol. The minimum absolute atomic E-state index is 0.338. The van der Waals surface area contributed by atoms with E-state index in [4.69, 9.17) is 4.74 Å². The van der Waals surface area contributed by atoms with Crippen molar-refractivity contribution in [3.63, 3.8) is 0 Å². The molecule has 0 aliphatic carbocycles. The molecule has 1 aliphatic heterocycles. The third-order valence-corrected chi connectivity index (χ3v) is 5.78. The summed E-state index contributed by atoms with van der Waals surface area (Å²) in [6.45, 7) is 0.955. The summed E-state index contributed by atoms with van der Waals surface area (Å²) in [5.41, 5.74) is 1.28. The van der Waals surface area contributed by atoms with Gasteiger partial charge in [0.2, 0.25) is 0 Å². The van der Waals surface area contributed by atoms with Gasteiger partial charge in [0.15, 0.2) is 0 Å². The van der Waals surface area contributed by atoms with Crippen LogP contribution in [0.2, 0.25) is 0 Å². The Labute approximate surface area is 121 Å². The quantitative estimate of drug-likeness (QED) is 0.830. The second-order valence-electron chi connectivity index (χ2n) is 5.46. The molecule has 0 bridgehead atoms. The van der Waals surface area contributed by atoms with Gasteiger partial charge in [0.1, 0.15) is 15.6 Å². The first-order chi connectivity index (χ1) is 9.50. The van der Waals surface area contributed by atoms with Crippen molar-refractivity contribution in [1.82, 2.24) is 4.90 Å². The van der Waals surface area contributed by atoms with Crippen LogP contribution < -0.4 is 4.74 Å². The number of likely N-dealkylation sites (N-methyl/N-ethyl adjacent to an activating group) is 1. The van der Waals surface area contributed by atoms with Gasteiger partial charge in [-0.1, -0.05) is 12.1 Å². The molecule has 0 unspecified atom stereocenters. The van der Waals surface area contributed by atoms with E-state index in [9.17, 15) is 8.42 Å². The van der Waals surface area contributed by atoms with Gasteiger partial charge in [0.25, 0.3) is 0 Å². The molecule has 112 valence electrons. The Bertz CT molecular complexity index is 511. The molecule has 1 fully saturated rings. The first-order valence-corrected chi connectivity index (χ1v) is 8.86. The topological polar surface area (TPSA) is 46.6 Å². The summed E-state index contributed by atoms with van der Waals surface area (Å²) >= 11 is 0. The van der Waals surface area contributed by atoms with Crippen LogP contribution in [0.3, 0.4) is 0 Å². The van der Waals surface area contributed by atoms with Crippen LogP contribution in [0, 0.1) is 0 Å². The minimum atomic E-state index is -2.76. The molecular weight excluding hydrogens is 274 g/mol. The van der Waals surface area contributed by atoms with E-state index in [1.807, 2.05) is 12.1 Å². The van der Waals surface area contributed by atoms with Gasteiger partial charge in [-0.2, -0.15) is 0 Å². The van der Waals surface area contributed by atoms with Crippen molar-refractivity contribution in [2.75, 3.05) is 32.2 Å². The van der Waals surface area contributed by atoms with Gasteiger partial charge in [-0.15, -0.1) is 0 Å². The Balaban J connectivity index is 1.81. The summed E-state index contributed by atoms with van der Waals surface area (Å²) < 4.78 is 28.0. The molecule has 0 radical (unpaired) electrons. The molecule has 0 N–H and O–H groups in total. The molecule has 2 rings (SSSR count). The van der Waals surface area contributed by atoms with Crippen molar-refractivity contribution in [2.24, 2.45) is 0 Å². The van der Waals surface area contributed by atoms with Crippen LogP contribution in [0.1, 0.15) is 18.4 Å². The number of methoxy groups -OCH3 is 1. The lowest BCUT2D eigenvalue weighted by Gasteiger charge is -2.31. The predicted molar refractivity (Wildman–Crippen MR) is 81.0 cm³/mol. The van der Waals surface area contributed by atoms with Gasteiger partial charge in [-0.25, -0.2) is 8.42 Å². The maximum atomic E-state index is 11.4. The van der Waals surface area contributed by atoms with Crippen LogP contribution in [-0.4, -0.2) is 51.6 Å². The zero-order valence-electron chi connectivity index (χ0n) is 12.2. The number of benzene rings is 1. The average Bonchev–Trinajstić information content (AvgIpc) is 2.45. The first kappa shape index (κ1) is 15.3. The molecule has 1 saturated heterocycles. The molecule has 0 amide bonds. The summed E-state index contributed by atoms with van der Waals surface area (Å²) in [6, 6.07) is 8.51. The van der Waals surface area contributed by atoms with Crippen molar-refractivity contribution in [3.8, 4) is 5.75 Å². The Morgan fingerprint density at radius 1 is 1.20 bits per heavy atom. The lowest BCUT2D eigenvalue weighted by molar-refractivity contribution is 0.229. The van der Waals surface area contributed by atoms with Crippen LogP contribution in [0.5, 0.6) is 5.75 Å². The van der Waals surface area contributed by atoms with E-state index in [0.717, 1.165) is 31.6 Å². The Kier molecular flexibility index (Phi) is 5.05. The number of hydrogen-bond acceptors (Lipinski definition) is 4. The van der Waals surface area contributed by atoms with E-state index in [0.29, 0.717) is 17.5 Å². The van der Waals surface area contributed by atoms with E-state index in [2.05, 4.69) is 24.1 Å². The van der Waals surface area contributed by atoms with E-state index < -0.39 is 9.84 Å². The molecule has 4 nitrogen and oxygen atoms in total. The van der Waals surface area contributed by atoms with Gasteiger partial charge < -0.3 is 9.64 Å². The number of ether oxygens (including phenoxy) is 1. The van der Waals surface area contributed by atoms with Crippen LogP contribution in [0.15, 0.2) is 24.3 Å². The fourth-order valence-corrected chi connectivity index (χ4v) is 4.07. The highest BCUT2D eigenvalue weighted by molar-refractivity contribution is 7.91. The molecule has 1 heterocycles. The molecule has 20 heavy (non-hydrogen) atoms. The summed E-state index contributed by atoms with van der Waals surface area (Å²) in [5.74, 6) is 1.55. The molecule has 0 saturated carbocycles. The normalized spacial score (nSPS) is 19.1. The number of rotatable bonds is 5. The van der Waals surface area contributed by atoms with Gasteiger partial charge in [-0.3, -0.25) is 0 Å². The molecular formula is C15H23NO3S. The molecule has 0 aromatic heterocycles. The molecule has 0 spiro atoms. The molecule has 1 aromatic carbocycles. The maximum absolute atomic E-state index is 11.4. The second-order valence-corrected chi connectivity index (χ2v) is 7.77. The van der Waals surface area contributed by atoms with Gasteiger partial charge in [0, 0.05) is 12.6 Å². The van der Waals surface area contributed by atoms with E-state index in [1.165, 1.54) is 5.56 Å². The highest BCUT2D eigenvalue weighted by Gasteiger charge is 2.25. The SMILES string of the molecule is COc1ccc(CCN(C)C2CCS(=O)(=O)CC2)cc1. The number of hydrogen-bond donors (Lipinski definition) is 0. The van der Waals surface area contributed by atoms with E-state index in [1.54, 1.807) is 7.11 Å². The summed E-state index contributed by atoms with van der Waals surface area (Å²) in [4.78, 5) is 2.29. The van der Waals surface area contributed by atoms with Crippen molar-refractivity contribution in [2.45, 2.75) is 25.3 Å². The third kappa shape index (κ3) is 4.21. The Morgan fingerprint density at radius 3 is 2.35 bits per heavy atom. The standard InChI is InChI=1S/C15H23NO3S/c1-16(14-8-11-20(17,18)12-9-14)10-7-13-3-5-15(19-2)6-4-13/h3-6,14H,7-12H2,1-2H3. The summed E-state index contributed by atoms with van der Waals surface area (Å²) in [5, 5.41) is 0. The zero-order chi connectivity index (χ0) is 14.6. The molecule has 0 atom stereocenters. The molecule has 1 aliphatic rings. The Morgan fingerprint density at radius 2 is 1.80 bits per heavy atom. The lowest BCUT2D eigenvalue weighted by Crippen LogP contribution is -2.39. The van der Waals surface area contributed by atoms with E-state index in [-0.39, 0.29) is 0 Å². The highest BCUT2D eigenvalue weighted by atomic mass is 32.2. The smallest absolute Gasteiger partial charge is 0.150 e. The van der Waals surface area contributed by atoms with Crippen LogP contribution >= 0.6 is 0 Å². The van der Waals surface area contributed by atoms with Gasteiger partial charge >= 0.3 is 0 Å². The number of nitrogens with zero attached hydrogens (tertiary/aromatic N) is 1. The summed E-state index contributed by atoms with van der Waals surface area (Å²) in [7, 11) is 0.991. The fourth-order valence-electron chi connectivity index (χ4n) is 2.60. The predicted octanol–water partition coefficient (Wildman–Crippen LogP) is 1.75. The molecule has 5 heteroatoms. The Hall–Kier alpha value is -1.07. The van der Waals surface area contributed by atoms with Gasteiger partial charge in [0.05, 0.1) is 18.6 Å². The van der Waals surface area contributed by atoms with Crippen molar-refractivity contribution in [1.29, 1.82) is 0 Å². The highest BCUT2D eigenvalue weighted by Crippen LogP contribution is 2.18. The fraction of sp³-hybridized carbons (Fsp3) is 0.600. The third-order valence-electron chi connectivity index (χ3n) is 4.06. The zero-order valence-corrected chi connectivity index (χ0v) is 13.0. The van der Waals surface area contributed by atoms with Crippen molar-refractivity contribution in [3.05, 3.63) is 29.8 Å². The molecule has 1 aromatic rings. The van der Waals surface area contributed by atoms with Crippen LogP contribution in [0.4, 0.5) is 0 Å². The minimum Gasteiger partial charge on any atom is -0.497 e. The van der Waals surface area contributed by atoms with E-state index >= 15 is 0 Å². The monoisotopic (exact) mass is 297 g/mol. The van der Waals surface area contributed by atoms with Crippen LogP contribution in [-0.2, 0) is 16.3 Å². The second kappa shape index (κ2) is 6.59. The maximum Gasteiger partial charge on any atom is 0.150 e. The number of sulfone groups is 1. The van der Waals surface area contributed by atoms with Gasteiger partial charge in [-0.05, 0) is 44.0 Å². The lowest BCUT2D eigenvalue weighted by atomic mass is 10.1. The first-order valence-electron chi connectivity index (χ1n) is 7.04. The van der Waals surface area contributed by atoms with Crippen LogP contribution in [0.25, 0.3) is 0 Å². The largest absolute Gasteiger partial charge is 0.497 e.